The van der Waals surface area contributed by atoms with Crippen LogP contribution in [0.1, 0.15) is 20.7 Å². The first-order chi connectivity index (χ1) is 6.95. The standard InChI is InChI=1S/C8H6O6S.Na.H/c9-7(10)4-2-1-3-5(15(13)14)6(4)8(11)12;;/h1-3,15H,(H,9,10)(H,11,12);;. The second kappa shape index (κ2) is 6.00. The van der Waals surface area contributed by atoms with Crippen molar-refractivity contribution in [1.29, 1.82) is 0 Å². The van der Waals surface area contributed by atoms with E-state index in [2.05, 4.69) is 0 Å². The molecule has 0 saturated carbocycles. The summed E-state index contributed by atoms with van der Waals surface area (Å²) in [5, 5.41) is 17.4. The van der Waals surface area contributed by atoms with E-state index in [4.69, 9.17) is 10.2 Å². The van der Waals surface area contributed by atoms with Gasteiger partial charge in [0, 0.05) is 0 Å². The summed E-state index contributed by atoms with van der Waals surface area (Å²) < 4.78 is 21.4. The molecule has 0 aromatic heterocycles. The van der Waals surface area contributed by atoms with Gasteiger partial charge >= 0.3 is 41.5 Å². The quantitative estimate of drug-likeness (QED) is 0.491. The molecule has 0 amide bonds. The van der Waals surface area contributed by atoms with Crippen LogP contribution in [0.2, 0.25) is 0 Å². The molecule has 0 atom stereocenters. The third-order valence-corrected chi connectivity index (χ3v) is 2.45. The molecule has 0 radical (unpaired) electrons. The first kappa shape index (κ1) is 15.1. The van der Waals surface area contributed by atoms with Gasteiger partial charge in [0.15, 0.2) is 10.7 Å². The zero-order chi connectivity index (χ0) is 11.6. The Morgan fingerprint density at radius 2 is 1.62 bits per heavy atom. The molecular weight excluding hydrogens is 247 g/mol. The zero-order valence-corrected chi connectivity index (χ0v) is 8.10. The van der Waals surface area contributed by atoms with Crippen molar-refractivity contribution in [3.05, 3.63) is 29.3 Å². The summed E-state index contributed by atoms with van der Waals surface area (Å²) in [5.41, 5.74) is -1.25. The van der Waals surface area contributed by atoms with Gasteiger partial charge in [-0.15, -0.1) is 0 Å². The van der Waals surface area contributed by atoms with Crippen molar-refractivity contribution in [1.82, 2.24) is 0 Å². The predicted molar refractivity (Wildman–Crippen MR) is 56.1 cm³/mol. The molecule has 6 nitrogen and oxygen atoms in total. The van der Waals surface area contributed by atoms with Crippen LogP contribution in [0.4, 0.5) is 0 Å². The topological polar surface area (TPSA) is 109 Å². The summed E-state index contributed by atoms with van der Waals surface area (Å²) in [7, 11) is -3.13. The van der Waals surface area contributed by atoms with Crippen LogP contribution in [0.15, 0.2) is 23.1 Å². The van der Waals surface area contributed by atoms with Crippen molar-refractivity contribution < 1.29 is 28.2 Å². The maximum atomic E-state index is 10.7. The van der Waals surface area contributed by atoms with E-state index in [-0.39, 0.29) is 29.6 Å². The first-order valence-electron chi connectivity index (χ1n) is 3.69. The monoisotopic (exact) mass is 254 g/mol. The number of hydrogen-bond donors (Lipinski definition) is 3. The second-order valence-corrected chi connectivity index (χ2v) is 3.56. The molecule has 0 saturated heterocycles. The molecule has 0 aliphatic carbocycles. The minimum atomic E-state index is -3.13. The zero-order valence-electron chi connectivity index (χ0n) is 7.21. The number of carboxylic acid groups (broad SMARTS) is 2. The number of carbonyl (C=O) groups is 2. The third-order valence-electron chi connectivity index (χ3n) is 1.68. The van der Waals surface area contributed by atoms with Crippen molar-refractivity contribution in [3.8, 4) is 0 Å². The number of carboxylic acids is 2. The predicted octanol–water partition coefficient (Wildman–Crippen LogP) is -0.595. The van der Waals surface area contributed by atoms with Gasteiger partial charge in [-0.2, -0.15) is 0 Å². The molecule has 8 heteroatoms. The van der Waals surface area contributed by atoms with Gasteiger partial charge in [0.2, 0.25) is 0 Å². The van der Waals surface area contributed by atoms with Crippen LogP contribution in [0.3, 0.4) is 0 Å². The van der Waals surface area contributed by atoms with Crippen molar-refractivity contribution in [2.24, 2.45) is 0 Å². The van der Waals surface area contributed by atoms with Crippen LogP contribution in [0.5, 0.6) is 0 Å². The molecule has 0 fully saturated rings. The molecule has 0 aliphatic rings. The molecule has 1 rings (SSSR count). The SMILES string of the molecule is O=C(O)c1cccc([SH](=O)=O)c1C(=O)O.[NaH]. The normalized spacial score (nSPS) is 9.56. The van der Waals surface area contributed by atoms with E-state index in [9.17, 15) is 18.0 Å². The first-order valence-corrected chi connectivity index (χ1v) is 4.87. The molecular formula is C8H7NaO6S. The maximum absolute atomic E-state index is 10.7. The van der Waals surface area contributed by atoms with Crippen LogP contribution in [0.25, 0.3) is 0 Å². The van der Waals surface area contributed by atoms with Gasteiger partial charge in [0.1, 0.15) is 0 Å². The molecule has 82 valence electrons. The average molecular weight is 254 g/mol. The summed E-state index contributed by atoms with van der Waals surface area (Å²) in [6.45, 7) is 0. The van der Waals surface area contributed by atoms with E-state index in [1.54, 1.807) is 0 Å². The number of benzene rings is 1. The van der Waals surface area contributed by atoms with Crippen LogP contribution >= 0.6 is 0 Å². The fourth-order valence-electron chi connectivity index (χ4n) is 1.10. The van der Waals surface area contributed by atoms with Gasteiger partial charge < -0.3 is 10.2 Å². The molecule has 0 heterocycles. The molecule has 1 aromatic rings. The fraction of sp³-hybridized carbons (Fsp3) is 0. The van der Waals surface area contributed by atoms with Crippen molar-refractivity contribution in [3.63, 3.8) is 0 Å². The van der Waals surface area contributed by atoms with Crippen LogP contribution < -0.4 is 0 Å². The Hall–Kier alpha value is -0.890. The van der Waals surface area contributed by atoms with Crippen LogP contribution in [0, 0.1) is 0 Å². The van der Waals surface area contributed by atoms with E-state index >= 15 is 0 Å². The molecule has 2 N–H and O–H groups in total. The Morgan fingerprint density at radius 3 is 2.00 bits per heavy atom. The van der Waals surface area contributed by atoms with E-state index in [1.807, 2.05) is 0 Å². The third kappa shape index (κ3) is 3.05. The van der Waals surface area contributed by atoms with Gasteiger partial charge in [-0.1, -0.05) is 6.07 Å². The minimum absolute atomic E-state index is 0. The summed E-state index contributed by atoms with van der Waals surface area (Å²) in [5.74, 6) is -3.06. The fourth-order valence-corrected chi connectivity index (χ4v) is 1.70. The Kier molecular flexibility index (Phi) is 5.66. The molecule has 0 bridgehead atoms. The molecule has 0 spiro atoms. The number of aromatic carboxylic acids is 2. The number of thiol groups is 1. The molecule has 0 aliphatic heterocycles. The Morgan fingerprint density at radius 1 is 1.06 bits per heavy atom. The van der Waals surface area contributed by atoms with E-state index in [1.165, 1.54) is 6.07 Å². The van der Waals surface area contributed by atoms with Gasteiger partial charge in [0.25, 0.3) is 0 Å². The molecule has 0 unspecified atom stereocenters. The summed E-state index contributed by atoms with van der Waals surface area (Å²) >= 11 is 0. The summed E-state index contributed by atoms with van der Waals surface area (Å²) in [6, 6.07) is 3.26. The molecule has 16 heavy (non-hydrogen) atoms. The van der Waals surface area contributed by atoms with Gasteiger partial charge in [0.05, 0.1) is 16.0 Å². The Balaban J connectivity index is 0.00000225. The van der Waals surface area contributed by atoms with Crippen LogP contribution in [-0.4, -0.2) is 60.1 Å². The van der Waals surface area contributed by atoms with Gasteiger partial charge in [-0.05, 0) is 12.1 Å². The van der Waals surface area contributed by atoms with Gasteiger partial charge in [-0.25, -0.2) is 18.0 Å². The van der Waals surface area contributed by atoms with Crippen LogP contribution in [-0.2, 0) is 10.7 Å². The van der Waals surface area contributed by atoms with Crippen molar-refractivity contribution in [2.45, 2.75) is 4.90 Å². The molecule has 1 aromatic carbocycles. The van der Waals surface area contributed by atoms with E-state index < -0.39 is 38.7 Å². The number of hydrogen-bond acceptors (Lipinski definition) is 4. The average Bonchev–Trinajstić information content (AvgIpc) is 2.16. The van der Waals surface area contributed by atoms with Crippen molar-refractivity contribution in [2.75, 3.05) is 0 Å². The second-order valence-electron chi connectivity index (χ2n) is 2.57. The van der Waals surface area contributed by atoms with E-state index in [0.29, 0.717) is 0 Å². The summed E-state index contributed by atoms with van der Waals surface area (Å²) in [6.07, 6.45) is 0. The van der Waals surface area contributed by atoms with Gasteiger partial charge in [-0.3, -0.25) is 0 Å². The summed E-state index contributed by atoms with van der Waals surface area (Å²) in [4.78, 5) is 20.9. The Bertz CT molecular complexity index is 499. The van der Waals surface area contributed by atoms with Crippen molar-refractivity contribution >= 4 is 52.2 Å². The Labute approximate surface area is 114 Å². The van der Waals surface area contributed by atoms with E-state index in [0.717, 1.165) is 12.1 Å². The number of rotatable bonds is 3.